The van der Waals surface area contributed by atoms with Gasteiger partial charge < -0.3 is 20.3 Å². The first-order chi connectivity index (χ1) is 11.7. The van der Waals surface area contributed by atoms with Gasteiger partial charge in [-0.15, -0.1) is 24.0 Å². The van der Waals surface area contributed by atoms with Crippen LogP contribution in [0.4, 0.5) is 0 Å². The molecule has 1 atom stereocenters. The molecule has 1 aliphatic rings. The minimum absolute atomic E-state index is 0. The van der Waals surface area contributed by atoms with Crippen LogP contribution in [-0.4, -0.2) is 50.7 Å². The van der Waals surface area contributed by atoms with Crippen molar-refractivity contribution in [2.24, 2.45) is 10.9 Å². The van der Waals surface area contributed by atoms with Crippen LogP contribution in [0.25, 0.3) is 0 Å². The molecule has 1 fully saturated rings. The SMILES string of the molecule is CCNC(=NCc1ccccc1OC)NCC(C)CN1CCCC1.I. The zero-order chi connectivity index (χ0) is 17.2. The van der Waals surface area contributed by atoms with E-state index in [0.29, 0.717) is 12.5 Å². The Morgan fingerprint density at radius 2 is 1.96 bits per heavy atom. The van der Waals surface area contributed by atoms with E-state index >= 15 is 0 Å². The van der Waals surface area contributed by atoms with Crippen molar-refractivity contribution in [3.8, 4) is 5.75 Å². The quantitative estimate of drug-likeness (QED) is 0.356. The highest BCUT2D eigenvalue weighted by molar-refractivity contribution is 14.0. The smallest absolute Gasteiger partial charge is 0.191 e. The average molecular weight is 460 g/mol. The number of hydrogen-bond donors (Lipinski definition) is 2. The Labute approximate surface area is 169 Å². The fourth-order valence-electron chi connectivity index (χ4n) is 3.08. The van der Waals surface area contributed by atoms with Gasteiger partial charge in [0.25, 0.3) is 0 Å². The Balaban J connectivity index is 0.00000312. The summed E-state index contributed by atoms with van der Waals surface area (Å²) in [4.78, 5) is 7.26. The molecule has 0 spiro atoms. The summed E-state index contributed by atoms with van der Waals surface area (Å²) in [6.45, 7) is 10.5. The van der Waals surface area contributed by atoms with E-state index in [0.717, 1.165) is 30.4 Å². The molecular weight excluding hydrogens is 427 g/mol. The molecular formula is C19H33IN4O. The molecule has 0 aromatic heterocycles. The second-order valence-electron chi connectivity index (χ2n) is 6.50. The van der Waals surface area contributed by atoms with Crippen LogP contribution < -0.4 is 15.4 Å². The maximum atomic E-state index is 5.39. The number of methoxy groups -OCH3 is 1. The lowest BCUT2D eigenvalue weighted by molar-refractivity contribution is 0.287. The van der Waals surface area contributed by atoms with Crippen LogP contribution >= 0.6 is 24.0 Å². The van der Waals surface area contributed by atoms with Gasteiger partial charge in [0, 0.05) is 25.2 Å². The molecule has 1 saturated heterocycles. The third-order valence-electron chi connectivity index (χ3n) is 4.33. The van der Waals surface area contributed by atoms with Gasteiger partial charge in [0.15, 0.2) is 5.96 Å². The Hall–Kier alpha value is -1.02. The van der Waals surface area contributed by atoms with E-state index in [4.69, 9.17) is 9.73 Å². The van der Waals surface area contributed by atoms with E-state index in [1.54, 1.807) is 7.11 Å². The van der Waals surface area contributed by atoms with Gasteiger partial charge in [-0.2, -0.15) is 0 Å². The Morgan fingerprint density at radius 1 is 1.24 bits per heavy atom. The van der Waals surface area contributed by atoms with E-state index in [2.05, 4.69) is 35.4 Å². The predicted octanol–water partition coefficient (Wildman–Crippen LogP) is 3.10. The van der Waals surface area contributed by atoms with Crippen LogP contribution in [0.3, 0.4) is 0 Å². The van der Waals surface area contributed by atoms with Crippen molar-refractivity contribution >= 4 is 29.9 Å². The Bertz CT molecular complexity index is 518. The van der Waals surface area contributed by atoms with Crippen molar-refractivity contribution in [1.82, 2.24) is 15.5 Å². The molecule has 0 saturated carbocycles. The van der Waals surface area contributed by atoms with Crippen molar-refractivity contribution in [2.45, 2.75) is 33.2 Å². The summed E-state index contributed by atoms with van der Waals surface area (Å²) in [6, 6.07) is 8.03. The highest BCUT2D eigenvalue weighted by Crippen LogP contribution is 2.17. The van der Waals surface area contributed by atoms with Crippen molar-refractivity contribution < 1.29 is 4.74 Å². The summed E-state index contributed by atoms with van der Waals surface area (Å²) < 4.78 is 5.39. The van der Waals surface area contributed by atoms with Crippen molar-refractivity contribution in [3.63, 3.8) is 0 Å². The monoisotopic (exact) mass is 460 g/mol. The summed E-state index contributed by atoms with van der Waals surface area (Å²) in [5, 5.41) is 6.80. The van der Waals surface area contributed by atoms with Gasteiger partial charge in [-0.1, -0.05) is 25.1 Å². The molecule has 2 rings (SSSR count). The largest absolute Gasteiger partial charge is 0.496 e. The molecule has 1 aromatic carbocycles. The molecule has 6 heteroatoms. The lowest BCUT2D eigenvalue weighted by Crippen LogP contribution is -2.41. The zero-order valence-corrected chi connectivity index (χ0v) is 18.1. The highest BCUT2D eigenvalue weighted by atomic mass is 127. The standard InChI is InChI=1S/C19H32N4O.HI/c1-4-20-19(21-13-16(2)15-23-11-7-8-12-23)22-14-17-9-5-6-10-18(17)24-3;/h5-6,9-10,16H,4,7-8,11-15H2,1-3H3,(H2,20,21,22);1H. The van der Waals surface area contributed by atoms with E-state index in [9.17, 15) is 0 Å². The molecule has 1 aromatic rings. The Morgan fingerprint density at radius 3 is 2.64 bits per heavy atom. The normalized spacial score (nSPS) is 16.2. The number of nitrogens with zero attached hydrogens (tertiary/aromatic N) is 2. The molecule has 1 unspecified atom stereocenters. The maximum Gasteiger partial charge on any atom is 0.191 e. The number of likely N-dealkylation sites (tertiary alicyclic amines) is 1. The molecule has 0 radical (unpaired) electrons. The number of halogens is 1. The van der Waals surface area contributed by atoms with E-state index in [-0.39, 0.29) is 24.0 Å². The first kappa shape index (κ1) is 22.0. The number of benzene rings is 1. The van der Waals surface area contributed by atoms with Crippen molar-refractivity contribution in [3.05, 3.63) is 29.8 Å². The molecule has 5 nitrogen and oxygen atoms in total. The molecule has 2 N–H and O–H groups in total. The third-order valence-corrected chi connectivity index (χ3v) is 4.33. The summed E-state index contributed by atoms with van der Waals surface area (Å²) in [7, 11) is 1.70. The van der Waals surface area contributed by atoms with Crippen LogP contribution in [0.1, 0.15) is 32.3 Å². The number of ether oxygens (including phenoxy) is 1. The average Bonchev–Trinajstić information content (AvgIpc) is 3.10. The molecule has 142 valence electrons. The van der Waals surface area contributed by atoms with Crippen LogP contribution in [0.5, 0.6) is 5.75 Å². The summed E-state index contributed by atoms with van der Waals surface area (Å²) in [5.41, 5.74) is 1.10. The topological polar surface area (TPSA) is 48.9 Å². The van der Waals surface area contributed by atoms with Crippen LogP contribution in [0.15, 0.2) is 29.3 Å². The number of para-hydroxylation sites is 1. The maximum absolute atomic E-state index is 5.39. The first-order valence-corrected chi connectivity index (χ1v) is 9.09. The highest BCUT2D eigenvalue weighted by Gasteiger charge is 2.14. The lowest BCUT2D eigenvalue weighted by Gasteiger charge is -2.21. The van der Waals surface area contributed by atoms with Crippen LogP contribution in [0.2, 0.25) is 0 Å². The van der Waals surface area contributed by atoms with Crippen LogP contribution in [0, 0.1) is 5.92 Å². The van der Waals surface area contributed by atoms with Gasteiger partial charge in [0.1, 0.15) is 5.75 Å². The Kier molecular flexibility index (Phi) is 10.9. The van der Waals surface area contributed by atoms with Gasteiger partial charge in [-0.25, -0.2) is 4.99 Å². The van der Waals surface area contributed by atoms with E-state index in [1.165, 1.54) is 32.5 Å². The molecule has 0 aliphatic carbocycles. The van der Waals surface area contributed by atoms with Crippen molar-refractivity contribution in [1.29, 1.82) is 0 Å². The fourth-order valence-corrected chi connectivity index (χ4v) is 3.08. The molecule has 0 bridgehead atoms. The lowest BCUT2D eigenvalue weighted by atomic mass is 10.1. The van der Waals surface area contributed by atoms with Gasteiger partial charge in [0.05, 0.1) is 13.7 Å². The minimum atomic E-state index is 0. The zero-order valence-electron chi connectivity index (χ0n) is 15.8. The minimum Gasteiger partial charge on any atom is -0.496 e. The van der Waals surface area contributed by atoms with Crippen LogP contribution in [-0.2, 0) is 6.54 Å². The second kappa shape index (κ2) is 12.4. The van der Waals surface area contributed by atoms with Gasteiger partial charge in [0.2, 0.25) is 0 Å². The molecule has 25 heavy (non-hydrogen) atoms. The number of hydrogen-bond acceptors (Lipinski definition) is 3. The van der Waals surface area contributed by atoms with Gasteiger partial charge in [-0.3, -0.25) is 0 Å². The molecule has 0 amide bonds. The summed E-state index contributed by atoms with van der Waals surface area (Å²) >= 11 is 0. The van der Waals surface area contributed by atoms with Gasteiger partial charge >= 0.3 is 0 Å². The fraction of sp³-hybridized carbons (Fsp3) is 0.632. The molecule has 1 aliphatic heterocycles. The number of guanidine groups is 1. The predicted molar refractivity (Wildman–Crippen MR) is 116 cm³/mol. The van der Waals surface area contributed by atoms with Crippen molar-refractivity contribution in [2.75, 3.05) is 39.8 Å². The first-order valence-electron chi connectivity index (χ1n) is 9.09. The van der Waals surface area contributed by atoms with E-state index < -0.39 is 0 Å². The second-order valence-corrected chi connectivity index (χ2v) is 6.50. The number of nitrogens with one attached hydrogen (secondary N) is 2. The van der Waals surface area contributed by atoms with E-state index in [1.807, 2.05) is 18.2 Å². The van der Waals surface area contributed by atoms with Gasteiger partial charge in [-0.05, 0) is 44.8 Å². The number of rotatable bonds is 8. The summed E-state index contributed by atoms with van der Waals surface area (Å²) in [6.07, 6.45) is 2.70. The third kappa shape index (κ3) is 7.81. The molecule has 1 heterocycles. The number of aliphatic imine (C=N–C) groups is 1. The summed E-state index contributed by atoms with van der Waals surface area (Å²) in [5.74, 6) is 2.37.